The Morgan fingerprint density at radius 2 is 2.38 bits per heavy atom. The van der Waals surface area contributed by atoms with Gasteiger partial charge in [0, 0.05) is 6.42 Å². The highest BCUT2D eigenvalue weighted by atomic mass is 16.3. The van der Waals surface area contributed by atoms with Crippen LogP contribution in [-0.2, 0) is 0 Å². The summed E-state index contributed by atoms with van der Waals surface area (Å²) in [5.41, 5.74) is 0. The maximum atomic E-state index is 8.91. The minimum absolute atomic E-state index is 0.273. The van der Waals surface area contributed by atoms with Crippen LogP contribution in [0.15, 0.2) is 0 Å². The van der Waals surface area contributed by atoms with Crippen LogP contribution in [0.2, 0.25) is 0 Å². The van der Waals surface area contributed by atoms with Gasteiger partial charge in [0.15, 0.2) is 0 Å². The predicted octanol–water partition coefficient (Wildman–Crippen LogP) is 1.17. The molecule has 1 N–H and O–H groups in total. The van der Waals surface area contributed by atoms with E-state index in [1.165, 1.54) is 0 Å². The van der Waals surface area contributed by atoms with Crippen LogP contribution < -0.4 is 0 Å². The first-order valence-electron chi connectivity index (χ1n) is 2.92. The zero-order valence-electron chi connectivity index (χ0n) is 5.22. The van der Waals surface area contributed by atoms with Crippen molar-refractivity contribution in [2.24, 2.45) is 0 Å². The van der Waals surface area contributed by atoms with E-state index < -0.39 is 0 Å². The molecule has 0 amide bonds. The van der Waals surface area contributed by atoms with Crippen LogP contribution in [0, 0.1) is 12.3 Å². The van der Waals surface area contributed by atoms with Crippen molar-refractivity contribution in [2.45, 2.75) is 32.3 Å². The first kappa shape index (κ1) is 7.52. The quantitative estimate of drug-likeness (QED) is 0.543. The Morgan fingerprint density at radius 1 is 1.75 bits per heavy atom. The molecule has 0 bridgehead atoms. The SMILES string of the molecule is C#CCC(O)CCC. The van der Waals surface area contributed by atoms with E-state index >= 15 is 0 Å². The lowest BCUT2D eigenvalue weighted by Crippen LogP contribution is -2.02. The van der Waals surface area contributed by atoms with Gasteiger partial charge >= 0.3 is 0 Å². The number of terminal acetylenes is 1. The molecule has 0 aliphatic heterocycles. The van der Waals surface area contributed by atoms with Crippen molar-refractivity contribution >= 4 is 0 Å². The third-order valence-corrected chi connectivity index (χ3v) is 0.975. The predicted molar refractivity (Wildman–Crippen MR) is 34.4 cm³/mol. The Labute approximate surface area is 50.7 Å². The molecule has 0 radical (unpaired) electrons. The fourth-order valence-electron chi connectivity index (χ4n) is 0.571. The van der Waals surface area contributed by atoms with E-state index in [-0.39, 0.29) is 6.10 Å². The summed E-state index contributed by atoms with van der Waals surface area (Å²) in [5, 5.41) is 8.91. The molecule has 0 aliphatic rings. The summed E-state index contributed by atoms with van der Waals surface area (Å²) in [4.78, 5) is 0. The monoisotopic (exact) mass is 112 g/mol. The third kappa shape index (κ3) is 3.70. The van der Waals surface area contributed by atoms with E-state index in [0.717, 1.165) is 12.8 Å². The van der Waals surface area contributed by atoms with Crippen molar-refractivity contribution in [3.63, 3.8) is 0 Å². The second kappa shape index (κ2) is 4.67. The molecule has 1 unspecified atom stereocenters. The average molecular weight is 112 g/mol. The van der Waals surface area contributed by atoms with Crippen LogP contribution >= 0.6 is 0 Å². The fourth-order valence-corrected chi connectivity index (χ4v) is 0.571. The maximum Gasteiger partial charge on any atom is 0.0649 e. The molecule has 8 heavy (non-hydrogen) atoms. The number of hydrogen-bond donors (Lipinski definition) is 1. The summed E-state index contributed by atoms with van der Waals surface area (Å²) in [6.07, 6.45) is 7.00. The van der Waals surface area contributed by atoms with Crippen molar-refractivity contribution in [2.75, 3.05) is 0 Å². The first-order chi connectivity index (χ1) is 3.81. The van der Waals surface area contributed by atoms with Gasteiger partial charge in [-0.25, -0.2) is 0 Å². The second-order valence-corrected chi connectivity index (χ2v) is 1.85. The van der Waals surface area contributed by atoms with E-state index in [2.05, 4.69) is 5.92 Å². The van der Waals surface area contributed by atoms with Crippen LogP contribution in [0.4, 0.5) is 0 Å². The molecule has 0 saturated heterocycles. The topological polar surface area (TPSA) is 20.2 Å². The molecule has 1 nitrogen and oxygen atoms in total. The van der Waals surface area contributed by atoms with Crippen LogP contribution in [0.25, 0.3) is 0 Å². The molecule has 0 spiro atoms. The van der Waals surface area contributed by atoms with E-state index in [1.807, 2.05) is 6.92 Å². The summed E-state index contributed by atoms with van der Waals surface area (Å²) < 4.78 is 0. The van der Waals surface area contributed by atoms with Gasteiger partial charge < -0.3 is 5.11 Å². The van der Waals surface area contributed by atoms with Crippen molar-refractivity contribution in [1.29, 1.82) is 0 Å². The zero-order valence-corrected chi connectivity index (χ0v) is 5.22. The van der Waals surface area contributed by atoms with Crippen molar-refractivity contribution in [3.05, 3.63) is 0 Å². The molecule has 0 heterocycles. The number of hydrogen-bond acceptors (Lipinski definition) is 1. The van der Waals surface area contributed by atoms with Gasteiger partial charge in [-0.2, -0.15) is 0 Å². The van der Waals surface area contributed by atoms with Gasteiger partial charge in [0.2, 0.25) is 0 Å². The smallest absolute Gasteiger partial charge is 0.0649 e. The first-order valence-corrected chi connectivity index (χ1v) is 2.92. The van der Waals surface area contributed by atoms with E-state index in [4.69, 9.17) is 11.5 Å². The van der Waals surface area contributed by atoms with Crippen molar-refractivity contribution in [1.82, 2.24) is 0 Å². The third-order valence-electron chi connectivity index (χ3n) is 0.975. The lowest BCUT2D eigenvalue weighted by atomic mass is 10.1. The van der Waals surface area contributed by atoms with E-state index in [9.17, 15) is 0 Å². The summed E-state index contributed by atoms with van der Waals surface area (Å²) in [7, 11) is 0. The summed E-state index contributed by atoms with van der Waals surface area (Å²) >= 11 is 0. The lowest BCUT2D eigenvalue weighted by Gasteiger charge is -2.01. The Hall–Kier alpha value is -0.480. The number of rotatable bonds is 3. The van der Waals surface area contributed by atoms with Crippen LogP contribution in [0.1, 0.15) is 26.2 Å². The van der Waals surface area contributed by atoms with Crippen molar-refractivity contribution < 1.29 is 5.11 Å². The molecule has 0 aliphatic carbocycles. The van der Waals surface area contributed by atoms with Crippen LogP contribution in [0.5, 0.6) is 0 Å². The molecule has 0 saturated carbocycles. The Bertz CT molecular complexity index is 80.9. The largest absolute Gasteiger partial charge is 0.392 e. The maximum absolute atomic E-state index is 8.91. The Morgan fingerprint density at radius 3 is 2.75 bits per heavy atom. The van der Waals surface area contributed by atoms with Gasteiger partial charge in [-0.05, 0) is 6.42 Å². The van der Waals surface area contributed by atoms with Crippen LogP contribution in [0.3, 0.4) is 0 Å². The minimum atomic E-state index is -0.273. The van der Waals surface area contributed by atoms with Gasteiger partial charge in [0.1, 0.15) is 0 Å². The molecule has 1 atom stereocenters. The van der Waals surface area contributed by atoms with Gasteiger partial charge in [-0.1, -0.05) is 13.3 Å². The second-order valence-electron chi connectivity index (χ2n) is 1.85. The number of aliphatic hydroxyl groups is 1. The van der Waals surface area contributed by atoms with E-state index in [1.54, 1.807) is 0 Å². The standard InChI is InChI=1S/C7H12O/c1-3-5-7(8)6-4-2/h1,7-8H,4-6H2,2H3. The molecule has 46 valence electrons. The Kier molecular flexibility index (Phi) is 4.39. The lowest BCUT2D eigenvalue weighted by molar-refractivity contribution is 0.169. The van der Waals surface area contributed by atoms with Gasteiger partial charge in [0.25, 0.3) is 0 Å². The summed E-state index contributed by atoms with van der Waals surface area (Å²) in [6.45, 7) is 2.03. The summed E-state index contributed by atoms with van der Waals surface area (Å²) in [6, 6.07) is 0. The fraction of sp³-hybridized carbons (Fsp3) is 0.714. The molecular weight excluding hydrogens is 100 g/mol. The highest BCUT2D eigenvalue weighted by molar-refractivity contribution is 4.86. The Balaban J connectivity index is 3.08. The molecule has 0 aromatic carbocycles. The number of aliphatic hydroxyl groups excluding tert-OH is 1. The highest BCUT2D eigenvalue weighted by Crippen LogP contribution is 1.98. The molecular formula is C7H12O. The molecule has 0 aromatic rings. The normalized spacial score (nSPS) is 12.6. The van der Waals surface area contributed by atoms with Crippen LogP contribution in [-0.4, -0.2) is 11.2 Å². The molecule has 0 rings (SSSR count). The van der Waals surface area contributed by atoms with Gasteiger partial charge in [0.05, 0.1) is 6.10 Å². The average Bonchev–Trinajstić information content (AvgIpc) is 1.68. The van der Waals surface area contributed by atoms with E-state index in [0.29, 0.717) is 6.42 Å². The summed E-state index contributed by atoms with van der Waals surface area (Å²) in [5.74, 6) is 2.40. The molecule has 0 fully saturated rings. The van der Waals surface area contributed by atoms with Gasteiger partial charge in [-0.15, -0.1) is 12.3 Å². The zero-order chi connectivity index (χ0) is 6.41. The highest BCUT2D eigenvalue weighted by Gasteiger charge is 1.96. The molecule has 1 heteroatoms. The van der Waals surface area contributed by atoms with Gasteiger partial charge in [-0.3, -0.25) is 0 Å². The minimum Gasteiger partial charge on any atom is -0.392 e. The molecule has 0 aromatic heterocycles. The van der Waals surface area contributed by atoms with Crippen molar-refractivity contribution in [3.8, 4) is 12.3 Å².